The van der Waals surface area contributed by atoms with E-state index in [-0.39, 0.29) is 0 Å². The number of nitrogens with zero attached hydrogens (tertiary/aromatic N) is 2. The largest absolute Gasteiger partial charge is 0.311 e. The zero-order valence-electron chi connectivity index (χ0n) is 10.8. The molecule has 0 fully saturated rings. The van der Waals surface area contributed by atoms with E-state index in [4.69, 9.17) is 0 Å². The Morgan fingerprint density at radius 1 is 1.47 bits per heavy atom. The first-order chi connectivity index (χ1) is 8.08. The van der Waals surface area contributed by atoms with Gasteiger partial charge in [-0.1, -0.05) is 19.9 Å². The molecule has 0 aliphatic rings. The number of fused-ring (bicyclic) bond motifs is 1. The second-order valence-corrected chi connectivity index (χ2v) is 5.76. The third kappa shape index (κ3) is 2.76. The van der Waals surface area contributed by atoms with Gasteiger partial charge in [-0.05, 0) is 19.9 Å². The maximum Gasteiger partial charge on any atom is 0.194 e. The van der Waals surface area contributed by atoms with E-state index in [9.17, 15) is 0 Å². The molecule has 0 saturated heterocycles. The highest BCUT2D eigenvalue weighted by Gasteiger charge is 2.07. The lowest BCUT2D eigenvalue weighted by Crippen LogP contribution is -2.22. The minimum Gasteiger partial charge on any atom is -0.311 e. The number of aryl methyl sites for hydroxylation is 2. The van der Waals surface area contributed by atoms with Crippen LogP contribution in [0.4, 0.5) is 0 Å². The van der Waals surface area contributed by atoms with Crippen LogP contribution in [0.2, 0.25) is 0 Å². The normalized spacial score (nSPS) is 12.3. The van der Waals surface area contributed by atoms with E-state index in [0.29, 0.717) is 6.04 Å². The van der Waals surface area contributed by atoms with Gasteiger partial charge in [0, 0.05) is 23.7 Å². The maximum atomic E-state index is 4.56. The van der Waals surface area contributed by atoms with Crippen LogP contribution in [0, 0.1) is 13.8 Å². The zero-order valence-corrected chi connectivity index (χ0v) is 11.6. The molecule has 4 heteroatoms. The van der Waals surface area contributed by atoms with Gasteiger partial charge >= 0.3 is 0 Å². The van der Waals surface area contributed by atoms with Crippen molar-refractivity contribution in [3.05, 3.63) is 28.5 Å². The highest BCUT2D eigenvalue weighted by molar-refractivity contribution is 7.17. The lowest BCUT2D eigenvalue weighted by atomic mass is 10.3. The first-order valence-electron chi connectivity index (χ1n) is 5.93. The third-order valence-electron chi connectivity index (χ3n) is 2.58. The van der Waals surface area contributed by atoms with Crippen LogP contribution in [-0.2, 0) is 0 Å². The monoisotopic (exact) mass is 249 g/mol. The second-order valence-electron chi connectivity index (χ2n) is 4.54. The minimum atomic E-state index is 0.523. The van der Waals surface area contributed by atoms with E-state index in [2.05, 4.69) is 60.7 Å². The summed E-state index contributed by atoms with van der Waals surface area (Å²) in [6.07, 6.45) is 6.45. The summed E-state index contributed by atoms with van der Waals surface area (Å²) in [6, 6.07) is 0.523. The van der Waals surface area contributed by atoms with E-state index in [1.54, 1.807) is 11.3 Å². The van der Waals surface area contributed by atoms with Gasteiger partial charge < -0.3 is 5.32 Å². The molecular formula is C13H19N3S. The van der Waals surface area contributed by atoms with E-state index in [1.165, 1.54) is 10.6 Å². The molecule has 0 spiro atoms. The molecule has 0 saturated carbocycles. The quantitative estimate of drug-likeness (QED) is 0.902. The average molecular weight is 249 g/mol. The first-order valence-corrected chi connectivity index (χ1v) is 6.74. The Balaban J connectivity index is 2.19. The van der Waals surface area contributed by atoms with E-state index >= 15 is 0 Å². The van der Waals surface area contributed by atoms with Crippen molar-refractivity contribution in [1.29, 1.82) is 0 Å². The van der Waals surface area contributed by atoms with Crippen LogP contribution in [0.3, 0.4) is 0 Å². The van der Waals surface area contributed by atoms with Crippen LogP contribution in [0.25, 0.3) is 11.0 Å². The SMILES string of the molecule is Cc1cn2c(C=CCNC(C)C)c(C)nc2s1. The number of hydrogen-bond donors (Lipinski definition) is 1. The van der Waals surface area contributed by atoms with Crippen LogP contribution < -0.4 is 5.32 Å². The van der Waals surface area contributed by atoms with Gasteiger partial charge in [-0.15, -0.1) is 11.3 Å². The van der Waals surface area contributed by atoms with E-state index < -0.39 is 0 Å². The Morgan fingerprint density at radius 3 is 2.94 bits per heavy atom. The lowest BCUT2D eigenvalue weighted by Gasteiger charge is -2.03. The van der Waals surface area contributed by atoms with Crippen LogP contribution in [0.1, 0.15) is 30.1 Å². The molecule has 1 N–H and O–H groups in total. The molecule has 0 amide bonds. The molecule has 2 aromatic heterocycles. The summed E-state index contributed by atoms with van der Waals surface area (Å²) >= 11 is 1.73. The van der Waals surface area contributed by atoms with Gasteiger partial charge in [0.05, 0.1) is 11.4 Å². The number of thiazole rings is 1. The van der Waals surface area contributed by atoms with Crippen molar-refractivity contribution in [2.75, 3.05) is 6.54 Å². The van der Waals surface area contributed by atoms with Gasteiger partial charge in [-0.25, -0.2) is 4.98 Å². The summed E-state index contributed by atoms with van der Waals surface area (Å²) in [5.41, 5.74) is 2.28. The summed E-state index contributed by atoms with van der Waals surface area (Å²) in [4.78, 5) is 6.93. The second kappa shape index (κ2) is 5.02. The van der Waals surface area contributed by atoms with Crippen LogP contribution in [0.5, 0.6) is 0 Å². The molecule has 0 aliphatic heterocycles. The smallest absolute Gasteiger partial charge is 0.194 e. The highest BCUT2D eigenvalue weighted by Crippen LogP contribution is 2.21. The maximum absolute atomic E-state index is 4.56. The highest BCUT2D eigenvalue weighted by atomic mass is 32.1. The zero-order chi connectivity index (χ0) is 12.4. The predicted molar refractivity (Wildman–Crippen MR) is 74.7 cm³/mol. The molecule has 17 heavy (non-hydrogen) atoms. The summed E-state index contributed by atoms with van der Waals surface area (Å²) in [6.45, 7) is 9.37. The van der Waals surface area contributed by atoms with Crippen molar-refractivity contribution in [3.63, 3.8) is 0 Å². The Labute approximate surface area is 106 Å². The number of hydrogen-bond acceptors (Lipinski definition) is 3. The molecular weight excluding hydrogens is 230 g/mol. The van der Waals surface area contributed by atoms with Crippen LogP contribution in [0.15, 0.2) is 12.3 Å². The van der Waals surface area contributed by atoms with Gasteiger partial charge in [0.1, 0.15) is 0 Å². The number of rotatable bonds is 4. The lowest BCUT2D eigenvalue weighted by molar-refractivity contribution is 0.633. The molecule has 2 aromatic rings. The summed E-state index contributed by atoms with van der Waals surface area (Å²) < 4.78 is 2.17. The molecule has 0 radical (unpaired) electrons. The Hall–Kier alpha value is -1.13. The van der Waals surface area contributed by atoms with Gasteiger partial charge in [-0.3, -0.25) is 4.40 Å². The van der Waals surface area contributed by atoms with Crippen molar-refractivity contribution in [2.45, 2.75) is 33.7 Å². The summed E-state index contributed by atoms with van der Waals surface area (Å²) in [5, 5.41) is 3.37. The summed E-state index contributed by atoms with van der Waals surface area (Å²) in [5.74, 6) is 0. The summed E-state index contributed by atoms with van der Waals surface area (Å²) in [7, 11) is 0. The van der Waals surface area contributed by atoms with Crippen molar-refractivity contribution >= 4 is 22.4 Å². The molecule has 0 bridgehead atoms. The Bertz CT molecular complexity index is 534. The molecule has 0 atom stereocenters. The molecule has 0 aliphatic carbocycles. The molecule has 2 heterocycles. The van der Waals surface area contributed by atoms with Gasteiger partial charge in [0.15, 0.2) is 4.96 Å². The van der Waals surface area contributed by atoms with Crippen molar-refractivity contribution < 1.29 is 0 Å². The predicted octanol–water partition coefficient (Wildman–Crippen LogP) is 3.02. The fraction of sp³-hybridized carbons (Fsp3) is 0.462. The Morgan fingerprint density at radius 2 is 2.24 bits per heavy atom. The van der Waals surface area contributed by atoms with E-state index in [1.807, 2.05) is 0 Å². The molecule has 92 valence electrons. The van der Waals surface area contributed by atoms with Gasteiger partial charge in [0.25, 0.3) is 0 Å². The average Bonchev–Trinajstić information content (AvgIpc) is 2.69. The van der Waals surface area contributed by atoms with E-state index in [0.717, 1.165) is 17.2 Å². The first kappa shape index (κ1) is 12.3. The molecule has 0 aromatic carbocycles. The number of aromatic nitrogens is 2. The topological polar surface area (TPSA) is 29.3 Å². The van der Waals surface area contributed by atoms with Gasteiger partial charge in [-0.2, -0.15) is 0 Å². The van der Waals surface area contributed by atoms with Gasteiger partial charge in [0.2, 0.25) is 0 Å². The standard InChI is InChI=1S/C13H19N3S/c1-9(2)14-7-5-6-12-11(4)15-13-16(12)8-10(3)17-13/h5-6,8-9,14H,7H2,1-4H3. The van der Waals surface area contributed by atoms with Crippen LogP contribution in [-0.4, -0.2) is 22.0 Å². The van der Waals surface area contributed by atoms with Crippen molar-refractivity contribution in [2.24, 2.45) is 0 Å². The van der Waals surface area contributed by atoms with Crippen LogP contribution >= 0.6 is 11.3 Å². The number of imidazole rings is 1. The molecule has 3 nitrogen and oxygen atoms in total. The van der Waals surface area contributed by atoms with Crippen molar-refractivity contribution in [3.8, 4) is 0 Å². The fourth-order valence-corrected chi connectivity index (χ4v) is 2.63. The fourth-order valence-electron chi connectivity index (χ4n) is 1.76. The Kier molecular flexibility index (Phi) is 3.64. The van der Waals surface area contributed by atoms with Crippen molar-refractivity contribution in [1.82, 2.24) is 14.7 Å². The minimum absolute atomic E-state index is 0.523. The number of nitrogens with one attached hydrogen (secondary N) is 1. The molecule has 0 unspecified atom stereocenters. The molecule has 2 rings (SSSR count). The third-order valence-corrected chi connectivity index (χ3v) is 3.48.